The fraction of sp³-hybridized carbons (Fsp3) is 0.692. The summed E-state index contributed by atoms with van der Waals surface area (Å²) in [6.07, 6.45) is 3.90. The van der Waals surface area contributed by atoms with Gasteiger partial charge in [-0.15, -0.1) is 6.58 Å². The number of hydrogen-bond donors (Lipinski definition) is 0. The number of ether oxygens (including phenoxy) is 2. The molecule has 98 valence electrons. The Hall–Kier alpha value is -1.32. The van der Waals surface area contributed by atoms with Gasteiger partial charge in [0.25, 0.3) is 0 Å². The van der Waals surface area contributed by atoms with Gasteiger partial charge in [0, 0.05) is 6.42 Å². The minimum Gasteiger partial charge on any atom is -0.466 e. The Kier molecular flexibility index (Phi) is 9.11. The highest BCUT2D eigenvalue weighted by Gasteiger charge is 2.18. The van der Waals surface area contributed by atoms with E-state index in [0.717, 1.165) is 0 Å². The van der Waals surface area contributed by atoms with Crippen LogP contribution in [0.5, 0.6) is 0 Å². The molecule has 0 N–H and O–H groups in total. The standard InChI is InChI=1S/C13H22O4/c1-4-8-11(13(15)17-6-3)9-7-10-12(14)16-5-2/h4,11H,1,5-10H2,2-3H3. The molecule has 0 saturated carbocycles. The summed E-state index contributed by atoms with van der Waals surface area (Å²) in [4.78, 5) is 22.7. The van der Waals surface area contributed by atoms with E-state index in [1.165, 1.54) is 0 Å². The molecule has 0 aromatic carbocycles. The van der Waals surface area contributed by atoms with E-state index in [4.69, 9.17) is 9.47 Å². The quantitative estimate of drug-likeness (QED) is 0.460. The third kappa shape index (κ3) is 7.55. The van der Waals surface area contributed by atoms with Crippen LogP contribution in [-0.4, -0.2) is 25.2 Å². The minimum atomic E-state index is -0.214. The van der Waals surface area contributed by atoms with Crippen LogP contribution in [0.4, 0.5) is 0 Å². The molecule has 0 rings (SSSR count). The van der Waals surface area contributed by atoms with Gasteiger partial charge in [0.1, 0.15) is 0 Å². The van der Waals surface area contributed by atoms with Crippen molar-refractivity contribution in [1.29, 1.82) is 0 Å². The van der Waals surface area contributed by atoms with E-state index in [1.807, 2.05) is 0 Å². The van der Waals surface area contributed by atoms with Gasteiger partial charge < -0.3 is 9.47 Å². The first-order valence-electron chi connectivity index (χ1n) is 6.08. The predicted molar refractivity (Wildman–Crippen MR) is 65.4 cm³/mol. The maximum Gasteiger partial charge on any atom is 0.309 e. The lowest BCUT2D eigenvalue weighted by atomic mass is 9.98. The fourth-order valence-electron chi connectivity index (χ4n) is 1.52. The van der Waals surface area contributed by atoms with Crippen LogP contribution >= 0.6 is 0 Å². The van der Waals surface area contributed by atoms with E-state index in [9.17, 15) is 9.59 Å². The zero-order valence-corrected chi connectivity index (χ0v) is 10.7. The van der Waals surface area contributed by atoms with Crippen LogP contribution in [0.15, 0.2) is 12.7 Å². The molecule has 0 aliphatic heterocycles. The highest BCUT2D eigenvalue weighted by Crippen LogP contribution is 2.15. The summed E-state index contributed by atoms with van der Waals surface area (Å²) in [6, 6.07) is 0. The first-order chi connectivity index (χ1) is 8.15. The van der Waals surface area contributed by atoms with Gasteiger partial charge in [0.05, 0.1) is 19.1 Å². The highest BCUT2D eigenvalue weighted by atomic mass is 16.5. The second kappa shape index (κ2) is 9.87. The molecule has 0 aliphatic carbocycles. The summed E-state index contributed by atoms with van der Waals surface area (Å²) in [7, 11) is 0. The Balaban J connectivity index is 3.96. The summed E-state index contributed by atoms with van der Waals surface area (Å²) in [5, 5.41) is 0. The van der Waals surface area contributed by atoms with Crippen molar-refractivity contribution in [2.45, 2.75) is 39.5 Å². The summed E-state index contributed by atoms with van der Waals surface area (Å²) in [5.41, 5.74) is 0. The molecule has 1 atom stereocenters. The molecule has 0 aromatic rings. The summed E-state index contributed by atoms with van der Waals surface area (Å²) in [5.74, 6) is -0.619. The minimum absolute atomic E-state index is 0.193. The van der Waals surface area contributed by atoms with Crippen molar-refractivity contribution in [3.8, 4) is 0 Å². The summed E-state index contributed by atoms with van der Waals surface area (Å²) < 4.78 is 9.78. The molecular weight excluding hydrogens is 220 g/mol. The number of carbonyl (C=O) groups is 2. The number of esters is 2. The van der Waals surface area contributed by atoms with Crippen molar-refractivity contribution in [1.82, 2.24) is 0 Å². The molecule has 0 fully saturated rings. The molecule has 0 amide bonds. The Bertz CT molecular complexity index is 248. The Labute approximate surface area is 103 Å². The topological polar surface area (TPSA) is 52.6 Å². The van der Waals surface area contributed by atoms with Gasteiger partial charge in [0.2, 0.25) is 0 Å². The molecular formula is C13H22O4. The van der Waals surface area contributed by atoms with E-state index in [0.29, 0.717) is 38.9 Å². The molecule has 0 bridgehead atoms. The maximum atomic E-state index is 11.5. The van der Waals surface area contributed by atoms with Crippen LogP contribution < -0.4 is 0 Å². The van der Waals surface area contributed by atoms with Gasteiger partial charge in [-0.2, -0.15) is 0 Å². The van der Waals surface area contributed by atoms with Crippen molar-refractivity contribution in [3.05, 3.63) is 12.7 Å². The van der Waals surface area contributed by atoms with E-state index in [-0.39, 0.29) is 17.9 Å². The van der Waals surface area contributed by atoms with E-state index in [2.05, 4.69) is 6.58 Å². The molecule has 0 radical (unpaired) electrons. The smallest absolute Gasteiger partial charge is 0.309 e. The van der Waals surface area contributed by atoms with Crippen LogP contribution in [-0.2, 0) is 19.1 Å². The Morgan fingerprint density at radius 2 is 1.88 bits per heavy atom. The first-order valence-corrected chi connectivity index (χ1v) is 6.08. The molecule has 0 saturated heterocycles. The molecule has 0 heterocycles. The van der Waals surface area contributed by atoms with Crippen LogP contribution in [0.1, 0.15) is 39.5 Å². The van der Waals surface area contributed by atoms with Gasteiger partial charge in [-0.1, -0.05) is 6.08 Å². The van der Waals surface area contributed by atoms with Crippen molar-refractivity contribution in [3.63, 3.8) is 0 Å². The second-order valence-corrected chi connectivity index (χ2v) is 3.67. The van der Waals surface area contributed by atoms with Gasteiger partial charge in [0.15, 0.2) is 0 Å². The van der Waals surface area contributed by atoms with Gasteiger partial charge in [-0.05, 0) is 33.1 Å². The number of hydrogen-bond acceptors (Lipinski definition) is 4. The third-order valence-electron chi connectivity index (χ3n) is 2.31. The first kappa shape index (κ1) is 15.7. The molecule has 1 unspecified atom stereocenters. The lowest BCUT2D eigenvalue weighted by Crippen LogP contribution is -2.17. The summed E-state index contributed by atoms with van der Waals surface area (Å²) in [6.45, 7) is 7.95. The van der Waals surface area contributed by atoms with Crippen LogP contribution in [0.3, 0.4) is 0 Å². The summed E-state index contributed by atoms with van der Waals surface area (Å²) >= 11 is 0. The van der Waals surface area contributed by atoms with Crippen LogP contribution in [0.2, 0.25) is 0 Å². The highest BCUT2D eigenvalue weighted by molar-refractivity contribution is 5.73. The van der Waals surface area contributed by atoms with Crippen molar-refractivity contribution in [2.24, 2.45) is 5.92 Å². The normalized spacial score (nSPS) is 11.6. The van der Waals surface area contributed by atoms with Gasteiger partial charge >= 0.3 is 11.9 Å². The average Bonchev–Trinajstić information content (AvgIpc) is 2.28. The average molecular weight is 242 g/mol. The number of carbonyl (C=O) groups excluding carboxylic acids is 2. The second-order valence-electron chi connectivity index (χ2n) is 3.67. The third-order valence-corrected chi connectivity index (χ3v) is 2.31. The van der Waals surface area contributed by atoms with Crippen molar-refractivity contribution < 1.29 is 19.1 Å². The lowest BCUT2D eigenvalue weighted by molar-refractivity contribution is -0.149. The van der Waals surface area contributed by atoms with Crippen molar-refractivity contribution >= 4 is 11.9 Å². The SMILES string of the molecule is C=CCC(CCCC(=O)OCC)C(=O)OCC. The van der Waals surface area contributed by atoms with E-state index in [1.54, 1.807) is 19.9 Å². The zero-order chi connectivity index (χ0) is 13.1. The fourth-order valence-corrected chi connectivity index (χ4v) is 1.52. The number of allylic oxidation sites excluding steroid dienone is 1. The molecule has 17 heavy (non-hydrogen) atoms. The van der Waals surface area contributed by atoms with Crippen LogP contribution in [0.25, 0.3) is 0 Å². The Morgan fingerprint density at radius 3 is 2.41 bits per heavy atom. The molecule has 4 heteroatoms. The molecule has 0 aliphatic rings. The van der Waals surface area contributed by atoms with Crippen molar-refractivity contribution in [2.75, 3.05) is 13.2 Å². The molecule has 0 aromatic heterocycles. The van der Waals surface area contributed by atoms with E-state index >= 15 is 0 Å². The number of rotatable bonds is 9. The van der Waals surface area contributed by atoms with Gasteiger partial charge in [-0.25, -0.2) is 0 Å². The largest absolute Gasteiger partial charge is 0.466 e. The van der Waals surface area contributed by atoms with Crippen LogP contribution in [0, 0.1) is 5.92 Å². The molecule has 0 spiro atoms. The maximum absolute atomic E-state index is 11.5. The van der Waals surface area contributed by atoms with Gasteiger partial charge in [-0.3, -0.25) is 9.59 Å². The van der Waals surface area contributed by atoms with E-state index < -0.39 is 0 Å². The molecule has 4 nitrogen and oxygen atoms in total. The lowest BCUT2D eigenvalue weighted by Gasteiger charge is -2.13. The monoisotopic (exact) mass is 242 g/mol. The zero-order valence-electron chi connectivity index (χ0n) is 10.7. The Morgan fingerprint density at radius 1 is 1.24 bits per heavy atom. The predicted octanol–water partition coefficient (Wildman–Crippen LogP) is 2.48.